The second kappa shape index (κ2) is 4.89. The van der Waals surface area contributed by atoms with Gasteiger partial charge in [0, 0.05) is 30.3 Å². The number of aliphatic hydroxyl groups is 1. The molecule has 2 aliphatic heterocycles. The van der Waals surface area contributed by atoms with Gasteiger partial charge in [-0.15, -0.1) is 0 Å². The van der Waals surface area contributed by atoms with Crippen molar-refractivity contribution in [1.29, 1.82) is 0 Å². The molecule has 3 heterocycles. The minimum atomic E-state index is -0.571. The molecule has 0 aliphatic carbocycles. The molecule has 2 aliphatic rings. The standard InChI is InChI=1S/C14H23N3O2/c1-2-5-17-8-10(7-16-17)13(18)14(9-15)6-11-3-4-12(14)19-11/h7-8,11-13,18H,2-6,9,15H2,1H3. The van der Waals surface area contributed by atoms with Crippen molar-refractivity contribution in [3.8, 4) is 0 Å². The van der Waals surface area contributed by atoms with E-state index in [0.29, 0.717) is 6.54 Å². The van der Waals surface area contributed by atoms with Gasteiger partial charge in [0.25, 0.3) is 0 Å². The van der Waals surface area contributed by atoms with Crippen LogP contribution in [-0.4, -0.2) is 33.6 Å². The van der Waals surface area contributed by atoms with Crippen LogP contribution in [0.3, 0.4) is 0 Å². The van der Waals surface area contributed by atoms with E-state index in [1.165, 1.54) is 0 Å². The molecule has 5 heteroatoms. The van der Waals surface area contributed by atoms with Crippen LogP contribution in [0.2, 0.25) is 0 Å². The van der Waals surface area contributed by atoms with E-state index in [4.69, 9.17) is 10.5 Å². The van der Waals surface area contributed by atoms with Gasteiger partial charge in [-0.25, -0.2) is 0 Å². The first-order valence-electron chi connectivity index (χ1n) is 7.25. The Morgan fingerprint density at radius 1 is 1.63 bits per heavy atom. The minimum Gasteiger partial charge on any atom is -0.388 e. The van der Waals surface area contributed by atoms with Gasteiger partial charge in [0.15, 0.2) is 0 Å². The fraction of sp³-hybridized carbons (Fsp3) is 0.786. The Bertz CT molecular complexity index is 448. The fourth-order valence-electron chi connectivity index (χ4n) is 3.65. The Morgan fingerprint density at radius 3 is 3.05 bits per heavy atom. The largest absolute Gasteiger partial charge is 0.388 e. The summed E-state index contributed by atoms with van der Waals surface area (Å²) in [6, 6.07) is 0. The molecule has 0 amide bonds. The van der Waals surface area contributed by atoms with E-state index in [1.54, 1.807) is 6.20 Å². The first-order valence-corrected chi connectivity index (χ1v) is 7.25. The van der Waals surface area contributed by atoms with Crippen molar-refractivity contribution in [3.63, 3.8) is 0 Å². The highest BCUT2D eigenvalue weighted by Gasteiger charge is 2.55. The van der Waals surface area contributed by atoms with Crippen molar-refractivity contribution in [2.24, 2.45) is 11.1 Å². The molecule has 0 radical (unpaired) electrons. The van der Waals surface area contributed by atoms with Crippen LogP contribution in [-0.2, 0) is 11.3 Å². The van der Waals surface area contributed by atoms with Crippen LogP contribution in [0.4, 0.5) is 0 Å². The summed E-state index contributed by atoms with van der Waals surface area (Å²) in [5, 5.41) is 15.1. The Morgan fingerprint density at radius 2 is 2.47 bits per heavy atom. The van der Waals surface area contributed by atoms with Crippen LogP contribution in [0.15, 0.2) is 12.4 Å². The average Bonchev–Trinajstić information content (AvgIpc) is 3.13. The third kappa shape index (κ3) is 2.00. The summed E-state index contributed by atoms with van der Waals surface area (Å²) >= 11 is 0. The smallest absolute Gasteiger partial charge is 0.0914 e. The molecule has 0 spiro atoms. The molecule has 1 aromatic heterocycles. The lowest BCUT2D eigenvalue weighted by atomic mass is 9.68. The molecule has 0 aromatic carbocycles. The van der Waals surface area contributed by atoms with Crippen LogP contribution in [0.25, 0.3) is 0 Å². The van der Waals surface area contributed by atoms with Crippen LogP contribution in [0, 0.1) is 5.41 Å². The van der Waals surface area contributed by atoms with E-state index in [-0.39, 0.29) is 17.6 Å². The monoisotopic (exact) mass is 265 g/mol. The van der Waals surface area contributed by atoms with Gasteiger partial charge < -0.3 is 15.6 Å². The molecule has 19 heavy (non-hydrogen) atoms. The van der Waals surface area contributed by atoms with Gasteiger partial charge in [-0.1, -0.05) is 6.92 Å². The molecular weight excluding hydrogens is 242 g/mol. The lowest BCUT2D eigenvalue weighted by molar-refractivity contribution is -0.0264. The second-order valence-electron chi connectivity index (χ2n) is 5.90. The van der Waals surface area contributed by atoms with Crippen molar-refractivity contribution >= 4 is 0 Å². The van der Waals surface area contributed by atoms with Crippen LogP contribution in [0.5, 0.6) is 0 Å². The Kier molecular flexibility index (Phi) is 3.37. The predicted octanol–water partition coefficient (Wildman–Crippen LogP) is 1.22. The molecule has 5 nitrogen and oxygen atoms in total. The maximum absolute atomic E-state index is 10.8. The van der Waals surface area contributed by atoms with Gasteiger partial charge in [0.2, 0.25) is 0 Å². The molecule has 3 rings (SSSR count). The quantitative estimate of drug-likeness (QED) is 0.839. The molecule has 2 fully saturated rings. The summed E-state index contributed by atoms with van der Waals surface area (Å²) in [4.78, 5) is 0. The zero-order chi connectivity index (χ0) is 13.5. The summed E-state index contributed by atoms with van der Waals surface area (Å²) in [6.45, 7) is 3.46. The predicted molar refractivity (Wildman–Crippen MR) is 71.5 cm³/mol. The average molecular weight is 265 g/mol. The number of hydrogen-bond acceptors (Lipinski definition) is 4. The topological polar surface area (TPSA) is 73.3 Å². The summed E-state index contributed by atoms with van der Waals surface area (Å²) in [7, 11) is 0. The van der Waals surface area contributed by atoms with Crippen molar-refractivity contribution in [2.45, 2.75) is 57.5 Å². The third-order valence-electron chi connectivity index (χ3n) is 4.70. The molecule has 1 aromatic rings. The summed E-state index contributed by atoms with van der Waals surface area (Å²) in [5.74, 6) is 0. The molecule has 106 valence electrons. The van der Waals surface area contributed by atoms with Crippen molar-refractivity contribution in [2.75, 3.05) is 6.54 Å². The highest BCUT2D eigenvalue weighted by Crippen LogP contribution is 2.53. The lowest BCUT2D eigenvalue weighted by Gasteiger charge is -2.38. The number of aliphatic hydroxyl groups excluding tert-OH is 1. The highest BCUT2D eigenvalue weighted by molar-refractivity contribution is 5.17. The van der Waals surface area contributed by atoms with E-state index in [1.807, 2.05) is 10.9 Å². The van der Waals surface area contributed by atoms with Crippen LogP contribution < -0.4 is 5.73 Å². The van der Waals surface area contributed by atoms with Crippen molar-refractivity contribution in [3.05, 3.63) is 18.0 Å². The van der Waals surface area contributed by atoms with Gasteiger partial charge in [-0.2, -0.15) is 5.10 Å². The molecule has 2 saturated heterocycles. The second-order valence-corrected chi connectivity index (χ2v) is 5.90. The number of fused-ring (bicyclic) bond motifs is 2. The number of hydrogen-bond donors (Lipinski definition) is 2. The number of nitrogens with zero attached hydrogens (tertiary/aromatic N) is 2. The summed E-state index contributed by atoms with van der Waals surface area (Å²) < 4.78 is 7.79. The zero-order valence-corrected chi connectivity index (χ0v) is 11.5. The van der Waals surface area contributed by atoms with Crippen LogP contribution >= 0.6 is 0 Å². The number of aryl methyl sites for hydroxylation is 1. The van der Waals surface area contributed by atoms with Gasteiger partial charge in [0.05, 0.1) is 24.5 Å². The summed E-state index contributed by atoms with van der Waals surface area (Å²) in [6.07, 6.45) is 7.55. The van der Waals surface area contributed by atoms with Gasteiger partial charge in [-0.05, 0) is 25.7 Å². The van der Waals surface area contributed by atoms with E-state index in [2.05, 4.69) is 12.0 Å². The first kappa shape index (κ1) is 13.1. The number of ether oxygens (including phenoxy) is 1. The SMILES string of the molecule is CCCn1cc(C(O)C2(CN)CC3CCC2O3)cn1. The maximum atomic E-state index is 10.8. The zero-order valence-electron chi connectivity index (χ0n) is 11.5. The van der Waals surface area contributed by atoms with Gasteiger partial charge in [-0.3, -0.25) is 4.68 Å². The molecular formula is C14H23N3O2. The molecule has 3 N–H and O–H groups in total. The summed E-state index contributed by atoms with van der Waals surface area (Å²) in [5.41, 5.74) is 6.55. The maximum Gasteiger partial charge on any atom is 0.0914 e. The molecule has 0 saturated carbocycles. The van der Waals surface area contributed by atoms with E-state index in [0.717, 1.165) is 37.8 Å². The minimum absolute atomic E-state index is 0.104. The Balaban J connectivity index is 1.83. The first-order chi connectivity index (χ1) is 9.19. The molecule has 4 atom stereocenters. The highest BCUT2D eigenvalue weighted by atomic mass is 16.5. The van der Waals surface area contributed by atoms with Crippen molar-refractivity contribution < 1.29 is 9.84 Å². The third-order valence-corrected chi connectivity index (χ3v) is 4.70. The number of aromatic nitrogens is 2. The Labute approximate surface area is 113 Å². The Hall–Kier alpha value is -0.910. The van der Waals surface area contributed by atoms with E-state index < -0.39 is 6.10 Å². The van der Waals surface area contributed by atoms with E-state index >= 15 is 0 Å². The fourth-order valence-corrected chi connectivity index (χ4v) is 3.65. The van der Waals surface area contributed by atoms with Gasteiger partial charge >= 0.3 is 0 Å². The van der Waals surface area contributed by atoms with Crippen LogP contribution in [0.1, 0.15) is 44.3 Å². The van der Waals surface area contributed by atoms with E-state index in [9.17, 15) is 5.11 Å². The van der Waals surface area contributed by atoms with Gasteiger partial charge in [0.1, 0.15) is 0 Å². The normalized spacial score (nSPS) is 34.9. The van der Waals surface area contributed by atoms with Crippen molar-refractivity contribution in [1.82, 2.24) is 9.78 Å². The molecule has 4 unspecified atom stereocenters. The molecule has 2 bridgehead atoms. The number of rotatable bonds is 5. The lowest BCUT2D eigenvalue weighted by Crippen LogP contribution is -2.44. The number of nitrogens with two attached hydrogens (primary N) is 1.